The van der Waals surface area contributed by atoms with E-state index in [0.717, 1.165) is 0 Å². The van der Waals surface area contributed by atoms with Crippen molar-refractivity contribution < 1.29 is 14.3 Å². The number of carboxylic acid groups (broad SMARTS) is 1. The molecule has 3 nitrogen and oxygen atoms in total. The average molecular weight is 193 g/mol. The first-order chi connectivity index (χ1) is 6.74. The molecular formula is C10H8FNO2. The lowest BCUT2D eigenvalue weighted by atomic mass is 10.1. The molecule has 0 radical (unpaired) electrons. The summed E-state index contributed by atoms with van der Waals surface area (Å²) in [7, 11) is 0. The predicted molar refractivity (Wildman–Crippen MR) is 50.1 cm³/mol. The number of aromatic amines is 1. The molecule has 2 rings (SSSR count). The van der Waals surface area contributed by atoms with E-state index in [0.29, 0.717) is 16.5 Å². The highest BCUT2D eigenvalue weighted by Gasteiger charge is 2.13. The van der Waals surface area contributed by atoms with Crippen LogP contribution in [-0.4, -0.2) is 16.1 Å². The maximum atomic E-state index is 12.6. The quantitative estimate of drug-likeness (QED) is 0.769. The van der Waals surface area contributed by atoms with Gasteiger partial charge in [-0.2, -0.15) is 0 Å². The van der Waals surface area contributed by atoms with E-state index in [9.17, 15) is 9.18 Å². The molecule has 1 heterocycles. The fourth-order valence-corrected chi connectivity index (χ4v) is 1.54. The van der Waals surface area contributed by atoms with Crippen molar-refractivity contribution in [2.24, 2.45) is 0 Å². The van der Waals surface area contributed by atoms with Crippen molar-refractivity contribution in [2.75, 3.05) is 0 Å². The van der Waals surface area contributed by atoms with Crippen molar-refractivity contribution in [2.45, 2.75) is 6.67 Å². The van der Waals surface area contributed by atoms with Crippen molar-refractivity contribution in [1.29, 1.82) is 0 Å². The highest BCUT2D eigenvalue weighted by atomic mass is 19.1. The van der Waals surface area contributed by atoms with Crippen molar-refractivity contribution in [3.63, 3.8) is 0 Å². The molecule has 1 aromatic heterocycles. The molecule has 0 saturated heterocycles. The van der Waals surface area contributed by atoms with Gasteiger partial charge < -0.3 is 10.1 Å². The largest absolute Gasteiger partial charge is 0.478 e. The van der Waals surface area contributed by atoms with Crippen LogP contribution in [0.1, 0.15) is 15.9 Å². The van der Waals surface area contributed by atoms with Gasteiger partial charge in [-0.1, -0.05) is 12.1 Å². The average Bonchev–Trinajstić information content (AvgIpc) is 2.60. The summed E-state index contributed by atoms with van der Waals surface area (Å²) in [5.41, 5.74) is 1.17. The molecule has 0 spiro atoms. The van der Waals surface area contributed by atoms with E-state index in [1.54, 1.807) is 18.2 Å². The van der Waals surface area contributed by atoms with E-state index in [1.807, 2.05) is 0 Å². The van der Waals surface area contributed by atoms with Crippen LogP contribution in [0.4, 0.5) is 4.39 Å². The number of rotatable bonds is 2. The Hall–Kier alpha value is -1.84. The van der Waals surface area contributed by atoms with E-state index in [2.05, 4.69) is 4.98 Å². The summed E-state index contributed by atoms with van der Waals surface area (Å²) in [5, 5.41) is 9.31. The first-order valence-electron chi connectivity index (χ1n) is 4.12. The van der Waals surface area contributed by atoms with Crippen LogP contribution in [0.15, 0.2) is 24.4 Å². The number of hydrogen-bond acceptors (Lipinski definition) is 1. The minimum Gasteiger partial charge on any atom is -0.478 e. The second kappa shape index (κ2) is 3.14. The summed E-state index contributed by atoms with van der Waals surface area (Å²) in [6.45, 7) is -0.657. The number of carboxylic acids is 1. The molecule has 0 aliphatic carbocycles. The van der Waals surface area contributed by atoms with E-state index in [-0.39, 0.29) is 5.56 Å². The Bertz CT molecular complexity index is 490. The number of carbonyl (C=O) groups is 1. The Balaban J connectivity index is 2.81. The van der Waals surface area contributed by atoms with Gasteiger partial charge in [-0.25, -0.2) is 9.18 Å². The first-order valence-corrected chi connectivity index (χ1v) is 4.12. The zero-order valence-corrected chi connectivity index (χ0v) is 7.25. The second-order valence-corrected chi connectivity index (χ2v) is 2.98. The van der Waals surface area contributed by atoms with Crippen LogP contribution in [0.25, 0.3) is 10.9 Å². The van der Waals surface area contributed by atoms with Gasteiger partial charge in [0.1, 0.15) is 6.67 Å². The van der Waals surface area contributed by atoms with Gasteiger partial charge in [-0.15, -0.1) is 0 Å². The fourth-order valence-electron chi connectivity index (χ4n) is 1.54. The maximum Gasteiger partial charge on any atom is 0.337 e. The van der Waals surface area contributed by atoms with Crippen molar-refractivity contribution >= 4 is 16.9 Å². The monoisotopic (exact) mass is 193 g/mol. The van der Waals surface area contributed by atoms with E-state index in [1.165, 1.54) is 6.20 Å². The minimum atomic E-state index is -1.04. The van der Waals surface area contributed by atoms with Crippen LogP contribution < -0.4 is 0 Å². The first kappa shape index (κ1) is 8.74. The van der Waals surface area contributed by atoms with Gasteiger partial charge in [0.15, 0.2) is 0 Å². The lowest BCUT2D eigenvalue weighted by molar-refractivity contribution is 0.0699. The van der Waals surface area contributed by atoms with Crippen LogP contribution in [0.5, 0.6) is 0 Å². The predicted octanol–water partition coefficient (Wildman–Crippen LogP) is 2.34. The number of hydrogen-bond donors (Lipinski definition) is 2. The summed E-state index contributed by atoms with van der Waals surface area (Å²) in [5.74, 6) is -1.04. The van der Waals surface area contributed by atoms with Gasteiger partial charge in [0.05, 0.1) is 5.56 Å². The lowest BCUT2D eigenvalue weighted by Gasteiger charge is -1.98. The highest BCUT2D eigenvalue weighted by molar-refractivity contribution is 6.04. The summed E-state index contributed by atoms with van der Waals surface area (Å²) < 4.78 is 12.6. The summed E-state index contributed by atoms with van der Waals surface area (Å²) >= 11 is 0. The van der Waals surface area contributed by atoms with Crippen LogP contribution in [0, 0.1) is 0 Å². The number of benzene rings is 1. The minimum absolute atomic E-state index is 0.119. The third kappa shape index (κ3) is 1.16. The molecule has 2 N–H and O–H groups in total. The van der Waals surface area contributed by atoms with E-state index in [4.69, 9.17) is 5.11 Å². The number of nitrogens with one attached hydrogen (secondary N) is 1. The number of fused-ring (bicyclic) bond motifs is 1. The van der Waals surface area contributed by atoms with Crippen LogP contribution in [-0.2, 0) is 6.67 Å². The summed E-state index contributed by atoms with van der Waals surface area (Å²) in [6.07, 6.45) is 1.38. The highest BCUT2D eigenvalue weighted by Crippen LogP contribution is 2.23. The van der Waals surface area contributed by atoms with Crippen LogP contribution in [0.3, 0.4) is 0 Å². The molecule has 1 aromatic carbocycles. The van der Waals surface area contributed by atoms with Gasteiger partial charge in [-0.05, 0) is 11.6 Å². The molecule has 4 heteroatoms. The van der Waals surface area contributed by atoms with Crippen LogP contribution in [0.2, 0.25) is 0 Å². The molecule has 0 aliphatic rings. The summed E-state index contributed by atoms with van der Waals surface area (Å²) in [4.78, 5) is 13.6. The van der Waals surface area contributed by atoms with Gasteiger partial charge >= 0.3 is 5.97 Å². The fraction of sp³-hybridized carbons (Fsp3) is 0.100. The Morgan fingerprint density at radius 1 is 1.50 bits per heavy atom. The topological polar surface area (TPSA) is 53.1 Å². The third-order valence-electron chi connectivity index (χ3n) is 2.17. The van der Waals surface area contributed by atoms with Gasteiger partial charge in [0.2, 0.25) is 0 Å². The molecule has 0 aliphatic heterocycles. The number of H-pyrrole nitrogens is 1. The molecule has 0 bridgehead atoms. The number of halogens is 1. The molecule has 14 heavy (non-hydrogen) atoms. The van der Waals surface area contributed by atoms with E-state index >= 15 is 0 Å². The molecule has 0 unspecified atom stereocenters. The zero-order chi connectivity index (χ0) is 10.1. The van der Waals surface area contributed by atoms with E-state index < -0.39 is 12.6 Å². The van der Waals surface area contributed by atoms with Gasteiger partial charge in [-0.3, -0.25) is 0 Å². The molecular weight excluding hydrogens is 185 g/mol. The normalized spacial score (nSPS) is 10.6. The standard InChI is InChI=1S/C10H8FNO2/c11-4-6-2-1-3-8-9(6)7(5-12-8)10(13)14/h1-3,5,12H,4H2,(H,13,14). The van der Waals surface area contributed by atoms with Crippen LogP contribution >= 0.6 is 0 Å². The SMILES string of the molecule is O=C(O)c1c[nH]c2cccc(CF)c12. The molecule has 0 fully saturated rings. The zero-order valence-electron chi connectivity index (χ0n) is 7.25. The number of aromatic carboxylic acids is 1. The Labute approximate surface area is 79.2 Å². The molecule has 72 valence electrons. The van der Waals surface area contributed by atoms with Crippen molar-refractivity contribution in [3.05, 3.63) is 35.5 Å². The lowest BCUT2D eigenvalue weighted by Crippen LogP contribution is -1.95. The number of aromatic nitrogens is 1. The number of alkyl halides is 1. The molecule has 0 atom stereocenters. The molecule has 0 saturated carbocycles. The maximum absolute atomic E-state index is 12.6. The molecule has 2 aromatic rings. The van der Waals surface area contributed by atoms with Crippen molar-refractivity contribution in [1.82, 2.24) is 4.98 Å². The Kier molecular flexibility index (Phi) is 1.96. The third-order valence-corrected chi connectivity index (χ3v) is 2.17. The van der Waals surface area contributed by atoms with Gasteiger partial charge in [0, 0.05) is 17.1 Å². The second-order valence-electron chi connectivity index (χ2n) is 2.98. The molecule has 0 amide bonds. The Morgan fingerprint density at radius 3 is 2.93 bits per heavy atom. The summed E-state index contributed by atoms with van der Waals surface area (Å²) in [6, 6.07) is 5.00. The van der Waals surface area contributed by atoms with Crippen molar-refractivity contribution in [3.8, 4) is 0 Å². The Morgan fingerprint density at radius 2 is 2.29 bits per heavy atom. The smallest absolute Gasteiger partial charge is 0.337 e. The van der Waals surface area contributed by atoms with Gasteiger partial charge in [0.25, 0.3) is 0 Å².